The number of ether oxygens (including phenoxy) is 1. The maximum Gasteiger partial charge on any atom is 0.254 e. The Kier molecular flexibility index (Phi) is 6.34. The molecule has 5 nitrogen and oxygen atoms in total. The lowest BCUT2D eigenvalue weighted by atomic mass is 9.88. The number of amides is 2. The van der Waals surface area contributed by atoms with Crippen molar-refractivity contribution in [2.24, 2.45) is 5.92 Å². The van der Waals surface area contributed by atoms with Crippen molar-refractivity contribution in [3.8, 4) is 5.75 Å². The van der Waals surface area contributed by atoms with Gasteiger partial charge >= 0.3 is 0 Å². The standard InChI is InChI=1S/C23H28N2O3/c1-4-24(5-2)23(27)21-16-25(15-20(21)17-10-7-6-8-11-17)22(26)18-12-9-13-19(14-18)28-3/h6-14,20-21H,4-5,15-16H2,1-3H3/t20-,21+/m0/s1. The maximum atomic E-state index is 13.2. The summed E-state index contributed by atoms with van der Waals surface area (Å²) < 4.78 is 5.25. The SMILES string of the molecule is CCN(CC)C(=O)[C@@H]1CN(C(=O)c2cccc(OC)c2)C[C@H]1c1ccccc1. The molecule has 1 aliphatic rings. The molecular weight excluding hydrogens is 352 g/mol. The molecule has 0 N–H and O–H groups in total. The number of carbonyl (C=O) groups is 2. The summed E-state index contributed by atoms with van der Waals surface area (Å²) in [4.78, 5) is 29.9. The van der Waals surface area contributed by atoms with Crippen molar-refractivity contribution in [1.29, 1.82) is 0 Å². The van der Waals surface area contributed by atoms with Gasteiger partial charge in [0.1, 0.15) is 5.75 Å². The van der Waals surface area contributed by atoms with Gasteiger partial charge in [0.05, 0.1) is 13.0 Å². The monoisotopic (exact) mass is 380 g/mol. The molecule has 2 amide bonds. The molecule has 2 atom stereocenters. The highest BCUT2D eigenvalue weighted by atomic mass is 16.5. The van der Waals surface area contributed by atoms with Crippen LogP contribution in [-0.4, -0.2) is 54.9 Å². The van der Waals surface area contributed by atoms with Crippen molar-refractivity contribution in [2.45, 2.75) is 19.8 Å². The highest BCUT2D eigenvalue weighted by molar-refractivity contribution is 5.95. The van der Waals surface area contributed by atoms with Crippen LogP contribution >= 0.6 is 0 Å². The molecule has 0 aliphatic carbocycles. The van der Waals surface area contributed by atoms with E-state index in [2.05, 4.69) is 0 Å². The van der Waals surface area contributed by atoms with E-state index in [-0.39, 0.29) is 23.7 Å². The summed E-state index contributed by atoms with van der Waals surface area (Å²) in [6.07, 6.45) is 0. The van der Waals surface area contributed by atoms with Crippen molar-refractivity contribution in [3.63, 3.8) is 0 Å². The fourth-order valence-electron chi connectivity index (χ4n) is 3.97. The molecular formula is C23H28N2O3. The van der Waals surface area contributed by atoms with Crippen LogP contribution in [0.4, 0.5) is 0 Å². The van der Waals surface area contributed by atoms with Gasteiger partial charge in [-0.1, -0.05) is 36.4 Å². The highest BCUT2D eigenvalue weighted by Crippen LogP contribution is 2.35. The van der Waals surface area contributed by atoms with Gasteiger partial charge < -0.3 is 14.5 Å². The van der Waals surface area contributed by atoms with E-state index in [9.17, 15) is 9.59 Å². The van der Waals surface area contributed by atoms with E-state index in [1.165, 1.54) is 0 Å². The van der Waals surface area contributed by atoms with Crippen LogP contribution in [0.25, 0.3) is 0 Å². The van der Waals surface area contributed by atoms with Gasteiger partial charge in [0.25, 0.3) is 5.91 Å². The van der Waals surface area contributed by atoms with Crippen molar-refractivity contribution >= 4 is 11.8 Å². The van der Waals surface area contributed by atoms with E-state index in [0.29, 0.717) is 37.5 Å². The van der Waals surface area contributed by atoms with Crippen LogP contribution < -0.4 is 4.74 Å². The van der Waals surface area contributed by atoms with E-state index in [0.717, 1.165) is 5.56 Å². The fraction of sp³-hybridized carbons (Fsp3) is 0.391. The Morgan fingerprint density at radius 1 is 1.04 bits per heavy atom. The summed E-state index contributed by atoms with van der Waals surface area (Å²) in [5.74, 6) is 0.496. The lowest BCUT2D eigenvalue weighted by molar-refractivity contribution is -0.135. The van der Waals surface area contributed by atoms with Crippen LogP contribution in [0, 0.1) is 5.92 Å². The zero-order valence-corrected chi connectivity index (χ0v) is 16.8. The summed E-state index contributed by atoms with van der Waals surface area (Å²) in [6.45, 7) is 6.32. The molecule has 0 spiro atoms. The van der Waals surface area contributed by atoms with E-state index in [1.807, 2.05) is 61.2 Å². The fourth-order valence-corrected chi connectivity index (χ4v) is 3.97. The number of hydrogen-bond donors (Lipinski definition) is 0. The molecule has 148 valence electrons. The van der Waals surface area contributed by atoms with E-state index >= 15 is 0 Å². The van der Waals surface area contributed by atoms with Crippen molar-refractivity contribution in [3.05, 3.63) is 65.7 Å². The summed E-state index contributed by atoms with van der Waals surface area (Å²) in [5.41, 5.74) is 1.69. The van der Waals surface area contributed by atoms with Crippen LogP contribution in [0.2, 0.25) is 0 Å². The van der Waals surface area contributed by atoms with Gasteiger partial charge in [-0.15, -0.1) is 0 Å². The van der Waals surface area contributed by atoms with Crippen LogP contribution in [0.3, 0.4) is 0 Å². The molecule has 1 saturated heterocycles. The zero-order chi connectivity index (χ0) is 20.1. The average molecular weight is 380 g/mol. The average Bonchev–Trinajstić information content (AvgIpc) is 3.20. The van der Waals surface area contributed by atoms with Crippen LogP contribution in [-0.2, 0) is 4.79 Å². The molecule has 1 heterocycles. The van der Waals surface area contributed by atoms with Crippen molar-refractivity contribution in [1.82, 2.24) is 9.80 Å². The summed E-state index contributed by atoms with van der Waals surface area (Å²) in [5, 5.41) is 0. The topological polar surface area (TPSA) is 49.9 Å². The predicted octanol–water partition coefficient (Wildman–Crippen LogP) is 3.42. The molecule has 28 heavy (non-hydrogen) atoms. The molecule has 0 bridgehead atoms. The van der Waals surface area contributed by atoms with E-state index in [1.54, 1.807) is 24.1 Å². The van der Waals surface area contributed by atoms with Gasteiger partial charge in [-0.05, 0) is 37.6 Å². The molecule has 0 unspecified atom stereocenters. The first-order valence-electron chi connectivity index (χ1n) is 9.86. The molecule has 3 rings (SSSR count). The largest absolute Gasteiger partial charge is 0.497 e. The highest BCUT2D eigenvalue weighted by Gasteiger charge is 2.41. The number of nitrogens with zero attached hydrogens (tertiary/aromatic N) is 2. The number of likely N-dealkylation sites (tertiary alicyclic amines) is 1. The van der Waals surface area contributed by atoms with Crippen LogP contribution in [0.1, 0.15) is 35.7 Å². The van der Waals surface area contributed by atoms with Gasteiger partial charge in [-0.25, -0.2) is 0 Å². The van der Waals surface area contributed by atoms with Gasteiger partial charge in [0.15, 0.2) is 0 Å². The van der Waals surface area contributed by atoms with Crippen LogP contribution in [0.15, 0.2) is 54.6 Å². The third-order valence-corrected chi connectivity index (χ3v) is 5.54. The Bertz CT molecular complexity index is 818. The second kappa shape index (κ2) is 8.91. The number of rotatable bonds is 6. The summed E-state index contributed by atoms with van der Waals surface area (Å²) >= 11 is 0. The minimum atomic E-state index is -0.225. The molecule has 0 aromatic heterocycles. The molecule has 0 saturated carbocycles. The first-order chi connectivity index (χ1) is 13.6. The Hall–Kier alpha value is -2.82. The molecule has 1 aliphatic heterocycles. The molecule has 5 heteroatoms. The minimum absolute atomic E-state index is 0.00357. The number of benzene rings is 2. The van der Waals surface area contributed by atoms with Crippen LogP contribution in [0.5, 0.6) is 5.75 Å². The molecule has 1 fully saturated rings. The Morgan fingerprint density at radius 3 is 2.39 bits per heavy atom. The van der Waals surface area contributed by atoms with Crippen molar-refractivity contribution in [2.75, 3.05) is 33.3 Å². The second-order valence-electron chi connectivity index (χ2n) is 7.08. The van der Waals surface area contributed by atoms with E-state index in [4.69, 9.17) is 4.74 Å². The third kappa shape index (κ3) is 4.03. The third-order valence-electron chi connectivity index (χ3n) is 5.54. The number of methoxy groups -OCH3 is 1. The predicted molar refractivity (Wildman–Crippen MR) is 109 cm³/mol. The van der Waals surface area contributed by atoms with E-state index < -0.39 is 0 Å². The smallest absolute Gasteiger partial charge is 0.254 e. The Labute approximate surface area is 166 Å². The van der Waals surface area contributed by atoms with Gasteiger partial charge in [0, 0.05) is 37.7 Å². The normalized spacial score (nSPS) is 18.8. The molecule has 2 aromatic rings. The number of hydrogen-bond acceptors (Lipinski definition) is 3. The quantitative estimate of drug-likeness (QED) is 0.772. The Morgan fingerprint density at radius 2 is 1.75 bits per heavy atom. The molecule has 0 radical (unpaired) electrons. The second-order valence-corrected chi connectivity index (χ2v) is 7.08. The summed E-state index contributed by atoms with van der Waals surface area (Å²) in [6, 6.07) is 17.2. The summed E-state index contributed by atoms with van der Waals surface area (Å²) in [7, 11) is 1.59. The zero-order valence-electron chi connectivity index (χ0n) is 16.8. The lowest BCUT2D eigenvalue weighted by Gasteiger charge is -2.25. The van der Waals surface area contributed by atoms with Gasteiger partial charge in [-0.3, -0.25) is 9.59 Å². The minimum Gasteiger partial charge on any atom is -0.497 e. The Balaban J connectivity index is 1.88. The van der Waals surface area contributed by atoms with Crippen molar-refractivity contribution < 1.29 is 14.3 Å². The van der Waals surface area contributed by atoms with Gasteiger partial charge in [0.2, 0.25) is 5.91 Å². The molecule has 2 aromatic carbocycles. The first-order valence-corrected chi connectivity index (χ1v) is 9.86. The van der Waals surface area contributed by atoms with Gasteiger partial charge in [-0.2, -0.15) is 0 Å². The maximum absolute atomic E-state index is 13.2. The number of carbonyl (C=O) groups excluding carboxylic acids is 2. The first kappa shape index (κ1) is 19.9. The lowest BCUT2D eigenvalue weighted by Crippen LogP contribution is -2.39.